The lowest BCUT2D eigenvalue weighted by atomic mass is 9.99. The number of ether oxygens (including phenoxy) is 1. The van der Waals surface area contributed by atoms with Crippen LogP contribution in [0, 0.1) is 0 Å². The first kappa shape index (κ1) is 17.3. The van der Waals surface area contributed by atoms with E-state index in [0.29, 0.717) is 18.7 Å². The normalized spacial score (nSPS) is 12.1. The lowest BCUT2D eigenvalue weighted by Gasteiger charge is -2.16. The summed E-state index contributed by atoms with van der Waals surface area (Å²) in [5.74, 6) is -1.20. The number of nitrogens with one attached hydrogen (secondary N) is 1. The van der Waals surface area contributed by atoms with Crippen molar-refractivity contribution >= 4 is 11.8 Å². The number of carbonyl (C=O) groups is 2. The van der Waals surface area contributed by atoms with Gasteiger partial charge in [0.25, 0.3) is 0 Å². The van der Waals surface area contributed by atoms with Crippen LogP contribution in [0.3, 0.4) is 0 Å². The summed E-state index contributed by atoms with van der Waals surface area (Å²) < 4.78 is 4.90. The molecule has 0 amide bonds. The van der Waals surface area contributed by atoms with Crippen LogP contribution < -0.4 is 5.32 Å². The van der Waals surface area contributed by atoms with Crippen LogP contribution in [0.25, 0.3) is 0 Å². The summed E-state index contributed by atoms with van der Waals surface area (Å²) in [7, 11) is 1.56. The van der Waals surface area contributed by atoms with Gasteiger partial charge in [0.05, 0.1) is 19.1 Å². The van der Waals surface area contributed by atoms with Gasteiger partial charge in [0.1, 0.15) is 0 Å². The number of rotatable bonds is 10. The number of aliphatic carboxylic acids is 1. The maximum Gasteiger partial charge on any atom is 0.305 e. The van der Waals surface area contributed by atoms with Gasteiger partial charge in [-0.3, -0.25) is 9.59 Å². The number of hydrogen-bond acceptors (Lipinski definition) is 4. The second kappa shape index (κ2) is 9.26. The summed E-state index contributed by atoms with van der Waals surface area (Å²) >= 11 is 0. The molecule has 1 rings (SSSR count). The van der Waals surface area contributed by atoms with E-state index in [1.165, 1.54) is 5.56 Å². The van der Waals surface area contributed by atoms with Crippen molar-refractivity contribution in [2.45, 2.75) is 32.2 Å². The summed E-state index contributed by atoms with van der Waals surface area (Å²) in [5, 5.41) is 11.9. The molecule has 1 aromatic carbocycles. The molecule has 0 aliphatic rings. The summed E-state index contributed by atoms with van der Waals surface area (Å²) in [5.41, 5.74) is 1.71. The lowest BCUT2D eigenvalue weighted by molar-refractivity contribution is -0.137. The van der Waals surface area contributed by atoms with E-state index in [1.54, 1.807) is 19.2 Å². The van der Waals surface area contributed by atoms with Crippen molar-refractivity contribution < 1.29 is 19.4 Å². The van der Waals surface area contributed by atoms with Gasteiger partial charge in [-0.1, -0.05) is 37.6 Å². The van der Waals surface area contributed by atoms with Gasteiger partial charge in [0.2, 0.25) is 0 Å². The van der Waals surface area contributed by atoms with Crippen molar-refractivity contribution in [3.63, 3.8) is 0 Å². The number of methoxy groups -OCH3 is 1. The van der Waals surface area contributed by atoms with Gasteiger partial charge in [-0.25, -0.2) is 0 Å². The largest absolute Gasteiger partial charge is 0.481 e. The average molecular weight is 293 g/mol. The van der Waals surface area contributed by atoms with Crippen molar-refractivity contribution in [3.05, 3.63) is 35.4 Å². The molecule has 0 aliphatic heterocycles. The highest BCUT2D eigenvalue weighted by Gasteiger charge is 2.22. The molecule has 21 heavy (non-hydrogen) atoms. The first-order valence-electron chi connectivity index (χ1n) is 7.15. The van der Waals surface area contributed by atoms with Crippen LogP contribution in [0.5, 0.6) is 0 Å². The SMILES string of the molecule is CCCc1ccc(C(=O)C(CC(=O)O)NCCOC)cc1. The molecule has 0 fully saturated rings. The zero-order valence-electron chi connectivity index (χ0n) is 12.6. The monoisotopic (exact) mass is 293 g/mol. The van der Waals surface area contributed by atoms with E-state index in [2.05, 4.69) is 12.2 Å². The maximum atomic E-state index is 12.4. The predicted octanol–water partition coefficient (Wildman–Crippen LogP) is 1.90. The second-order valence-electron chi connectivity index (χ2n) is 4.91. The lowest BCUT2D eigenvalue weighted by Crippen LogP contribution is -2.40. The Morgan fingerprint density at radius 3 is 2.48 bits per heavy atom. The quantitative estimate of drug-likeness (QED) is 0.509. The van der Waals surface area contributed by atoms with Crippen LogP contribution >= 0.6 is 0 Å². The van der Waals surface area contributed by atoms with E-state index in [9.17, 15) is 9.59 Å². The van der Waals surface area contributed by atoms with Crippen LogP contribution in [-0.4, -0.2) is 43.2 Å². The van der Waals surface area contributed by atoms with E-state index in [4.69, 9.17) is 9.84 Å². The Morgan fingerprint density at radius 1 is 1.29 bits per heavy atom. The fourth-order valence-electron chi connectivity index (χ4n) is 2.09. The molecule has 1 unspecified atom stereocenters. The number of carboxylic acids is 1. The minimum Gasteiger partial charge on any atom is -0.481 e. The third-order valence-corrected chi connectivity index (χ3v) is 3.17. The summed E-state index contributed by atoms with van der Waals surface area (Å²) in [6.45, 7) is 2.97. The average Bonchev–Trinajstić information content (AvgIpc) is 2.46. The number of Topliss-reactive ketones (excluding diaryl/α,β-unsaturated/α-hetero) is 1. The topological polar surface area (TPSA) is 75.6 Å². The number of benzene rings is 1. The second-order valence-corrected chi connectivity index (χ2v) is 4.91. The summed E-state index contributed by atoms with van der Waals surface area (Å²) in [6.07, 6.45) is 1.78. The highest BCUT2D eigenvalue weighted by molar-refractivity contribution is 6.01. The highest BCUT2D eigenvalue weighted by Crippen LogP contribution is 2.10. The molecule has 0 bridgehead atoms. The predicted molar refractivity (Wildman–Crippen MR) is 80.7 cm³/mol. The van der Waals surface area contributed by atoms with E-state index in [0.717, 1.165) is 12.8 Å². The van der Waals surface area contributed by atoms with Crippen molar-refractivity contribution in [2.24, 2.45) is 0 Å². The van der Waals surface area contributed by atoms with Gasteiger partial charge in [0.15, 0.2) is 5.78 Å². The number of aryl methyl sites for hydroxylation is 1. The summed E-state index contributed by atoms with van der Waals surface area (Å²) in [6, 6.07) is 6.64. The van der Waals surface area contributed by atoms with Crippen molar-refractivity contribution in [1.29, 1.82) is 0 Å². The first-order chi connectivity index (χ1) is 10.1. The van der Waals surface area contributed by atoms with Crippen molar-refractivity contribution in [2.75, 3.05) is 20.3 Å². The van der Waals surface area contributed by atoms with Gasteiger partial charge in [-0.15, -0.1) is 0 Å². The van der Waals surface area contributed by atoms with Gasteiger partial charge >= 0.3 is 5.97 Å². The Hall–Kier alpha value is -1.72. The standard InChI is InChI=1S/C16H23NO4/c1-3-4-12-5-7-13(8-6-12)16(20)14(11-15(18)19)17-9-10-21-2/h5-8,14,17H,3-4,9-11H2,1-2H3,(H,18,19). The van der Waals surface area contributed by atoms with Gasteiger partial charge in [-0.05, 0) is 12.0 Å². The molecule has 0 radical (unpaired) electrons. The molecule has 116 valence electrons. The fourth-order valence-corrected chi connectivity index (χ4v) is 2.09. The van der Waals surface area contributed by atoms with Crippen LogP contribution in [0.2, 0.25) is 0 Å². The molecule has 5 nitrogen and oxygen atoms in total. The minimum atomic E-state index is -0.999. The smallest absolute Gasteiger partial charge is 0.305 e. The molecule has 0 saturated carbocycles. The molecule has 0 aliphatic carbocycles. The number of hydrogen-bond donors (Lipinski definition) is 2. The summed E-state index contributed by atoms with van der Waals surface area (Å²) in [4.78, 5) is 23.3. The zero-order chi connectivity index (χ0) is 15.7. The molecular weight excluding hydrogens is 270 g/mol. The molecule has 0 heterocycles. The van der Waals surface area contributed by atoms with Crippen LogP contribution in [0.1, 0.15) is 35.7 Å². The van der Waals surface area contributed by atoms with Crippen molar-refractivity contribution in [3.8, 4) is 0 Å². The molecule has 5 heteroatoms. The first-order valence-corrected chi connectivity index (χ1v) is 7.15. The van der Waals surface area contributed by atoms with E-state index < -0.39 is 12.0 Å². The van der Waals surface area contributed by atoms with Crippen LogP contribution in [0.4, 0.5) is 0 Å². The highest BCUT2D eigenvalue weighted by atomic mass is 16.5. The fraction of sp³-hybridized carbons (Fsp3) is 0.500. The minimum absolute atomic E-state index is 0.198. The molecule has 0 aromatic heterocycles. The Morgan fingerprint density at radius 2 is 1.95 bits per heavy atom. The third kappa shape index (κ3) is 6.06. The molecule has 1 atom stereocenters. The molecular formula is C16H23NO4. The van der Waals surface area contributed by atoms with Crippen LogP contribution in [0.15, 0.2) is 24.3 Å². The van der Waals surface area contributed by atoms with Crippen molar-refractivity contribution in [1.82, 2.24) is 5.32 Å². The maximum absolute atomic E-state index is 12.4. The van der Waals surface area contributed by atoms with E-state index >= 15 is 0 Å². The van der Waals surface area contributed by atoms with E-state index in [-0.39, 0.29) is 12.2 Å². The Balaban J connectivity index is 2.75. The number of ketones is 1. The third-order valence-electron chi connectivity index (χ3n) is 3.17. The van der Waals surface area contributed by atoms with Crippen LogP contribution in [-0.2, 0) is 16.0 Å². The molecule has 2 N–H and O–H groups in total. The Kier molecular flexibility index (Phi) is 7.64. The molecule has 0 spiro atoms. The number of carbonyl (C=O) groups excluding carboxylic acids is 1. The Labute approximate surface area is 125 Å². The van der Waals surface area contributed by atoms with E-state index in [1.807, 2.05) is 12.1 Å². The van der Waals surface area contributed by atoms with Gasteiger partial charge in [-0.2, -0.15) is 0 Å². The zero-order valence-corrected chi connectivity index (χ0v) is 12.6. The van der Waals surface area contributed by atoms with Gasteiger partial charge in [0, 0.05) is 19.2 Å². The molecule has 0 saturated heterocycles. The van der Waals surface area contributed by atoms with Gasteiger partial charge < -0.3 is 15.2 Å². The Bertz CT molecular complexity index is 456. The molecule has 1 aromatic rings. The number of carboxylic acid groups (broad SMARTS) is 1.